The zero-order valence-corrected chi connectivity index (χ0v) is 21.9. The smallest absolute Gasteiger partial charge is 0.335 e. The third-order valence-corrected chi connectivity index (χ3v) is 7.57. The summed E-state index contributed by atoms with van der Waals surface area (Å²) in [5.74, 6) is -1.23. The van der Waals surface area contributed by atoms with Crippen LogP contribution in [0.25, 0.3) is 39.1 Å². The fourth-order valence-corrected chi connectivity index (χ4v) is 5.42. The van der Waals surface area contributed by atoms with E-state index in [0.717, 1.165) is 46.1 Å². The Labute approximate surface area is 231 Å². The van der Waals surface area contributed by atoms with Gasteiger partial charge in [-0.05, 0) is 78.3 Å². The Morgan fingerprint density at radius 1 is 0.725 bits per heavy atom. The Kier molecular flexibility index (Phi) is 6.74. The maximum atomic E-state index is 11.4. The highest BCUT2D eigenvalue weighted by atomic mass is 16.4. The second-order valence-electron chi connectivity index (χ2n) is 10.1. The molecule has 6 heteroatoms. The average molecular weight is 529 g/mol. The van der Waals surface area contributed by atoms with Crippen LogP contribution in [0.3, 0.4) is 0 Å². The zero-order valence-electron chi connectivity index (χ0n) is 21.9. The molecule has 0 unspecified atom stereocenters. The summed E-state index contributed by atoms with van der Waals surface area (Å²) in [5.41, 5.74) is 8.76. The highest BCUT2D eigenvalue weighted by Gasteiger charge is 2.18. The summed E-state index contributed by atoms with van der Waals surface area (Å²) in [4.78, 5) is 27.9. The number of allylic oxidation sites excluding steroid dienone is 2. The van der Waals surface area contributed by atoms with Gasteiger partial charge in [0.1, 0.15) is 5.82 Å². The molecule has 1 aliphatic carbocycles. The first kappa shape index (κ1) is 25.3. The molecule has 0 atom stereocenters. The molecule has 0 radical (unpaired) electrons. The fourth-order valence-electron chi connectivity index (χ4n) is 5.42. The molecule has 6 nitrogen and oxygen atoms in total. The Balaban J connectivity index is 1.45. The predicted octanol–water partition coefficient (Wildman–Crippen LogP) is 7.77. The van der Waals surface area contributed by atoms with Crippen molar-refractivity contribution in [3.63, 3.8) is 0 Å². The van der Waals surface area contributed by atoms with E-state index in [1.807, 2.05) is 24.3 Å². The number of aromatic carboxylic acids is 2. The van der Waals surface area contributed by atoms with E-state index >= 15 is 0 Å². The first-order valence-corrected chi connectivity index (χ1v) is 13.4. The molecular weight excluding hydrogens is 500 g/mol. The van der Waals surface area contributed by atoms with Gasteiger partial charge < -0.3 is 14.8 Å². The van der Waals surface area contributed by atoms with Crippen molar-refractivity contribution in [1.29, 1.82) is 0 Å². The number of carbonyl (C=O) groups is 2. The maximum absolute atomic E-state index is 11.4. The summed E-state index contributed by atoms with van der Waals surface area (Å²) in [6.07, 6.45) is 7.11. The van der Waals surface area contributed by atoms with Gasteiger partial charge in [-0.1, -0.05) is 66.7 Å². The number of nitrogens with zero attached hydrogens (tertiary/aromatic N) is 2. The van der Waals surface area contributed by atoms with Crippen LogP contribution in [0.5, 0.6) is 0 Å². The summed E-state index contributed by atoms with van der Waals surface area (Å²) in [6.45, 7) is 0.475. The van der Waals surface area contributed by atoms with Gasteiger partial charge in [0.05, 0.1) is 22.2 Å². The van der Waals surface area contributed by atoms with Crippen LogP contribution < -0.4 is 0 Å². The fraction of sp³-hybridized carbons (Fsp3) is 0.147. The quantitative estimate of drug-likeness (QED) is 0.225. The molecule has 0 saturated heterocycles. The van der Waals surface area contributed by atoms with Gasteiger partial charge in [0.25, 0.3) is 0 Å². The molecule has 198 valence electrons. The molecule has 0 bridgehead atoms. The number of aromatic nitrogens is 2. The van der Waals surface area contributed by atoms with Crippen LogP contribution in [0.1, 0.15) is 57.5 Å². The van der Waals surface area contributed by atoms with Gasteiger partial charge in [0, 0.05) is 17.7 Å². The van der Waals surface area contributed by atoms with E-state index in [9.17, 15) is 19.8 Å². The van der Waals surface area contributed by atoms with E-state index in [2.05, 4.69) is 41.0 Å². The summed E-state index contributed by atoms with van der Waals surface area (Å²) in [5, 5.41) is 18.7. The van der Waals surface area contributed by atoms with Gasteiger partial charge in [-0.2, -0.15) is 0 Å². The van der Waals surface area contributed by atoms with Crippen LogP contribution in [-0.2, 0) is 6.54 Å². The Morgan fingerprint density at radius 2 is 1.35 bits per heavy atom. The average Bonchev–Trinajstić information content (AvgIpc) is 3.36. The SMILES string of the molecule is O=C(O)c1ccc(Cn2c(-c3ccc(C(=O)O)cc3)nc3c(-c4ccc(C5=CCCCC5)cc4)cccc32)cc1. The maximum Gasteiger partial charge on any atom is 0.335 e. The van der Waals surface area contributed by atoms with Gasteiger partial charge in [-0.15, -0.1) is 0 Å². The highest BCUT2D eigenvalue weighted by molar-refractivity contribution is 5.95. The number of carboxylic acids is 2. The van der Waals surface area contributed by atoms with E-state index in [4.69, 9.17) is 4.98 Å². The van der Waals surface area contributed by atoms with Crippen LogP contribution >= 0.6 is 0 Å². The number of benzene rings is 4. The third kappa shape index (κ3) is 4.92. The third-order valence-electron chi connectivity index (χ3n) is 7.57. The lowest BCUT2D eigenvalue weighted by atomic mass is 9.92. The molecule has 0 spiro atoms. The van der Waals surface area contributed by atoms with Crippen molar-refractivity contribution in [1.82, 2.24) is 9.55 Å². The molecule has 4 aromatic carbocycles. The topological polar surface area (TPSA) is 92.4 Å². The van der Waals surface area contributed by atoms with Crippen molar-refractivity contribution in [2.45, 2.75) is 32.2 Å². The standard InChI is InChI=1S/C34H28N2O4/c37-33(38)27-11-9-22(10-12-27)21-36-30-8-4-7-29(25-15-13-24(14-16-25)23-5-2-1-3-6-23)31(30)35-32(36)26-17-19-28(20-18-26)34(39)40/h4-5,7-20H,1-3,6,21H2,(H,37,38)(H,39,40). The van der Waals surface area contributed by atoms with Crippen molar-refractivity contribution in [3.05, 3.63) is 119 Å². The minimum Gasteiger partial charge on any atom is -0.478 e. The molecule has 40 heavy (non-hydrogen) atoms. The molecule has 5 aromatic rings. The first-order valence-electron chi connectivity index (χ1n) is 13.4. The first-order chi connectivity index (χ1) is 19.5. The molecule has 0 fully saturated rings. The molecule has 0 aliphatic heterocycles. The van der Waals surface area contributed by atoms with E-state index in [1.54, 1.807) is 36.4 Å². The normalized spacial score (nSPS) is 13.2. The van der Waals surface area contributed by atoms with Crippen molar-refractivity contribution in [2.75, 3.05) is 0 Å². The monoisotopic (exact) mass is 528 g/mol. The minimum atomic E-state index is -0.978. The lowest BCUT2D eigenvalue weighted by molar-refractivity contribution is 0.0686. The van der Waals surface area contributed by atoms with Gasteiger partial charge >= 0.3 is 11.9 Å². The number of carboxylic acid groups (broad SMARTS) is 2. The van der Waals surface area contributed by atoms with E-state index < -0.39 is 11.9 Å². The minimum absolute atomic E-state index is 0.213. The molecule has 1 aliphatic rings. The van der Waals surface area contributed by atoms with Crippen LogP contribution in [0.4, 0.5) is 0 Å². The van der Waals surface area contributed by atoms with Crippen molar-refractivity contribution >= 4 is 28.5 Å². The highest BCUT2D eigenvalue weighted by Crippen LogP contribution is 2.34. The van der Waals surface area contributed by atoms with E-state index in [-0.39, 0.29) is 11.1 Å². The number of hydrogen-bond acceptors (Lipinski definition) is 3. The summed E-state index contributed by atoms with van der Waals surface area (Å²) in [6, 6.07) is 28.4. The number of imidazole rings is 1. The van der Waals surface area contributed by atoms with Crippen molar-refractivity contribution in [2.24, 2.45) is 0 Å². The van der Waals surface area contributed by atoms with Gasteiger partial charge in [-0.25, -0.2) is 14.6 Å². The zero-order chi connectivity index (χ0) is 27.6. The van der Waals surface area contributed by atoms with Crippen LogP contribution in [0, 0.1) is 0 Å². The lowest BCUT2D eigenvalue weighted by Crippen LogP contribution is -2.04. The number of fused-ring (bicyclic) bond motifs is 1. The summed E-state index contributed by atoms with van der Waals surface area (Å²) in [7, 11) is 0. The second kappa shape index (κ2) is 10.7. The summed E-state index contributed by atoms with van der Waals surface area (Å²) >= 11 is 0. The Morgan fingerprint density at radius 3 is 1.98 bits per heavy atom. The van der Waals surface area contributed by atoms with Gasteiger partial charge in [-0.3, -0.25) is 0 Å². The molecule has 1 heterocycles. The van der Waals surface area contributed by atoms with Gasteiger partial charge in [0.2, 0.25) is 0 Å². The van der Waals surface area contributed by atoms with E-state index in [0.29, 0.717) is 12.4 Å². The number of rotatable bonds is 7. The van der Waals surface area contributed by atoms with Crippen LogP contribution in [0.15, 0.2) is 97.1 Å². The van der Waals surface area contributed by atoms with Crippen molar-refractivity contribution in [3.8, 4) is 22.5 Å². The van der Waals surface area contributed by atoms with Crippen molar-refractivity contribution < 1.29 is 19.8 Å². The second-order valence-corrected chi connectivity index (χ2v) is 10.1. The van der Waals surface area contributed by atoms with E-state index in [1.165, 1.54) is 24.0 Å². The molecular formula is C34H28N2O4. The summed E-state index contributed by atoms with van der Waals surface area (Å²) < 4.78 is 2.10. The predicted molar refractivity (Wildman–Crippen MR) is 157 cm³/mol. The van der Waals surface area contributed by atoms with Gasteiger partial charge in [0.15, 0.2) is 0 Å². The molecule has 1 aromatic heterocycles. The molecule has 2 N–H and O–H groups in total. The largest absolute Gasteiger partial charge is 0.478 e. The molecule has 0 saturated carbocycles. The number of para-hydroxylation sites is 1. The number of hydrogen-bond donors (Lipinski definition) is 2. The molecule has 6 rings (SSSR count). The molecule has 0 amide bonds. The van der Waals surface area contributed by atoms with Crippen LogP contribution in [-0.4, -0.2) is 31.7 Å². The van der Waals surface area contributed by atoms with Crippen LogP contribution in [0.2, 0.25) is 0 Å². The lowest BCUT2D eigenvalue weighted by Gasteiger charge is -2.13. The Bertz CT molecular complexity index is 1750. The Hall–Kier alpha value is -4.97.